The van der Waals surface area contributed by atoms with Crippen LogP contribution < -0.4 is 0 Å². The summed E-state index contributed by atoms with van der Waals surface area (Å²) in [5.74, 6) is -0.0905. The van der Waals surface area contributed by atoms with E-state index >= 15 is 0 Å². The Bertz CT molecular complexity index is 515. The molecule has 1 aliphatic carbocycles. The van der Waals surface area contributed by atoms with Crippen LogP contribution in [0.2, 0.25) is 0 Å². The molecule has 0 bridgehead atoms. The molecule has 0 fully saturated rings. The highest BCUT2D eigenvalue weighted by molar-refractivity contribution is 6.13. The van der Waals surface area contributed by atoms with Crippen LogP contribution in [0.4, 0.5) is 0 Å². The molecular weight excluding hydrogens is 214 g/mol. The monoisotopic (exact) mass is 227 g/mol. The molecule has 0 N–H and O–H groups in total. The second-order valence-corrected chi connectivity index (χ2v) is 4.70. The van der Waals surface area contributed by atoms with Crippen LogP contribution in [0.15, 0.2) is 36.4 Å². The maximum absolute atomic E-state index is 11.7. The molecule has 0 spiro atoms. The molecule has 0 saturated heterocycles. The third-order valence-corrected chi connectivity index (χ3v) is 3.58. The predicted molar refractivity (Wildman–Crippen MR) is 63.0 cm³/mol. The zero-order valence-electron chi connectivity index (χ0n) is 9.59. The third kappa shape index (κ3) is 1.42. The van der Waals surface area contributed by atoms with Crippen LogP contribution in [0, 0.1) is 5.92 Å². The second-order valence-electron chi connectivity index (χ2n) is 4.70. The van der Waals surface area contributed by atoms with Gasteiger partial charge in [0.2, 0.25) is 0 Å². The normalized spacial score (nSPS) is 26.8. The molecule has 1 aliphatic heterocycles. The van der Waals surface area contributed by atoms with Gasteiger partial charge in [0.1, 0.15) is 0 Å². The van der Waals surface area contributed by atoms with E-state index in [2.05, 4.69) is 13.0 Å². The van der Waals surface area contributed by atoms with E-state index in [0.717, 1.165) is 12.0 Å². The van der Waals surface area contributed by atoms with Gasteiger partial charge in [-0.3, -0.25) is 14.5 Å². The maximum atomic E-state index is 11.7. The average Bonchev–Trinajstić information content (AvgIpc) is 2.79. The van der Waals surface area contributed by atoms with E-state index in [1.165, 1.54) is 22.6 Å². The van der Waals surface area contributed by atoms with Crippen molar-refractivity contribution < 1.29 is 9.59 Å². The van der Waals surface area contributed by atoms with E-state index in [1.807, 2.05) is 18.2 Å². The number of carbonyl (C=O) groups excluding carboxylic acids is 2. The van der Waals surface area contributed by atoms with Crippen molar-refractivity contribution >= 4 is 11.8 Å². The predicted octanol–water partition coefficient (Wildman–Crippen LogP) is 1.84. The Kier molecular flexibility index (Phi) is 2.15. The second kappa shape index (κ2) is 3.55. The van der Waals surface area contributed by atoms with Gasteiger partial charge in [-0.25, -0.2) is 0 Å². The number of amides is 2. The first-order chi connectivity index (χ1) is 8.18. The molecule has 2 atom stereocenters. The smallest absolute Gasteiger partial charge is 0.254 e. The Labute approximate surface area is 99.7 Å². The molecule has 86 valence electrons. The van der Waals surface area contributed by atoms with Crippen LogP contribution in [0.25, 0.3) is 0 Å². The minimum atomic E-state index is -0.191. The molecule has 0 unspecified atom stereocenters. The molecule has 3 rings (SSSR count). The highest BCUT2D eigenvalue weighted by atomic mass is 16.2. The molecule has 0 saturated carbocycles. The summed E-state index contributed by atoms with van der Waals surface area (Å²) in [7, 11) is 0. The molecule has 2 aliphatic rings. The van der Waals surface area contributed by atoms with Gasteiger partial charge in [-0.1, -0.05) is 31.2 Å². The van der Waals surface area contributed by atoms with Crippen LogP contribution in [0.5, 0.6) is 0 Å². The van der Waals surface area contributed by atoms with Crippen LogP contribution in [0.1, 0.15) is 24.1 Å². The Balaban J connectivity index is 2.04. The highest BCUT2D eigenvalue weighted by Crippen LogP contribution is 2.41. The first-order valence-corrected chi connectivity index (χ1v) is 5.81. The largest absolute Gasteiger partial charge is 0.269 e. The quantitative estimate of drug-likeness (QED) is 0.686. The van der Waals surface area contributed by atoms with Gasteiger partial charge in [0.05, 0.1) is 6.04 Å². The number of rotatable bonds is 1. The zero-order valence-corrected chi connectivity index (χ0v) is 9.59. The molecule has 0 aromatic heterocycles. The van der Waals surface area contributed by atoms with Crippen molar-refractivity contribution in [3.63, 3.8) is 0 Å². The summed E-state index contributed by atoms with van der Waals surface area (Å²) in [5, 5.41) is 0. The molecule has 3 nitrogen and oxygen atoms in total. The molecule has 2 amide bonds. The molecule has 1 aromatic rings. The van der Waals surface area contributed by atoms with Gasteiger partial charge in [-0.05, 0) is 23.5 Å². The first kappa shape index (κ1) is 10.3. The topological polar surface area (TPSA) is 37.4 Å². The van der Waals surface area contributed by atoms with Gasteiger partial charge in [0, 0.05) is 12.2 Å². The number of imide groups is 1. The maximum Gasteiger partial charge on any atom is 0.254 e. The van der Waals surface area contributed by atoms with Gasteiger partial charge in [-0.15, -0.1) is 0 Å². The Morgan fingerprint density at radius 1 is 1.12 bits per heavy atom. The van der Waals surface area contributed by atoms with Crippen molar-refractivity contribution in [2.75, 3.05) is 0 Å². The summed E-state index contributed by atoms with van der Waals surface area (Å²) in [5.41, 5.74) is 2.36. The fourth-order valence-electron chi connectivity index (χ4n) is 2.85. The van der Waals surface area contributed by atoms with Gasteiger partial charge < -0.3 is 0 Å². The first-order valence-electron chi connectivity index (χ1n) is 5.81. The third-order valence-electron chi connectivity index (χ3n) is 3.58. The molecular formula is C14H13NO2. The number of hydrogen-bond donors (Lipinski definition) is 0. The number of fused-ring (bicyclic) bond motifs is 1. The Hall–Kier alpha value is -1.90. The molecule has 0 radical (unpaired) electrons. The van der Waals surface area contributed by atoms with E-state index in [-0.39, 0.29) is 17.9 Å². The number of nitrogens with zero attached hydrogens (tertiary/aromatic N) is 1. The van der Waals surface area contributed by atoms with Crippen LogP contribution >= 0.6 is 0 Å². The zero-order chi connectivity index (χ0) is 12.0. The summed E-state index contributed by atoms with van der Waals surface area (Å²) in [6.07, 6.45) is 3.64. The number of carbonyl (C=O) groups is 2. The van der Waals surface area contributed by atoms with Gasteiger partial charge in [0.25, 0.3) is 11.8 Å². The van der Waals surface area contributed by atoms with E-state index in [1.54, 1.807) is 0 Å². The van der Waals surface area contributed by atoms with E-state index in [9.17, 15) is 9.59 Å². The summed E-state index contributed by atoms with van der Waals surface area (Å²) in [6.45, 7) is 2.09. The summed E-state index contributed by atoms with van der Waals surface area (Å²) < 4.78 is 0. The lowest BCUT2D eigenvalue weighted by Crippen LogP contribution is -2.35. The van der Waals surface area contributed by atoms with Crippen LogP contribution in [0.3, 0.4) is 0 Å². The van der Waals surface area contributed by atoms with Gasteiger partial charge >= 0.3 is 0 Å². The lowest BCUT2D eigenvalue weighted by molar-refractivity contribution is -0.140. The molecule has 1 heterocycles. The minimum Gasteiger partial charge on any atom is -0.269 e. The fourth-order valence-corrected chi connectivity index (χ4v) is 2.85. The van der Waals surface area contributed by atoms with E-state index < -0.39 is 0 Å². The van der Waals surface area contributed by atoms with Gasteiger partial charge in [-0.2, -0.15) is 0 Å². The summed E-state index contributed by atoms with van der Waals surface area (Å²) >= 11 is 0. The number of hydrogen-bond acceptors (Lipinski definition) is 2. The highest BCUT2D eigenvalue weighted by Gasteiger charge is 2.39. The molecule has 1 aromatic carbocycles. The van der Waals surface area contributed by atoms with Crippen molar-refractivity contribution in [2.24, 2.45) is 5.92 Å². The van der Waals surface area contributed by atoms with Crippen molar-refractivity contribution in [3.05, 3.63) is 47.5 Å². The van der Waals surface area contributed by atoms with E-state index in [4.69, 9.17) is 0 Å². The molecule has 17 heavy (non-hydrogen) atoms. The lowest BCUT2D eigenvalue weighted by atomic mass is 10.0. The fraction of sp³-hybridized carbons (Fsp3) is 0.286. The Morgan fingerprint density at radius 2 is 1.76 bits per heavy atom. The summed E-state index contributed by atoms with van der Waals surface area (Å²) in [6, 6.07) is 7.95. The SMILES string of the molecule is C[C@H]1Cc2ccccc2[C@H]1N1C(=O)C=CC1=O. The lowest BCUT2D eigenvalue weighted by Gasteiger charge is -2.26. The summed E-state index contributed by atoms with van der Waals surface area (Å²) in [4.78, 5) is 24.9. The molecule has 3 heteroatoms. The Morgan fingerprint density at radius 3 is 2.47 bits per heavy atom. The minimum absolute atomic E-state index is 0.0961. The van der Waals surface area contributed by atoms with Crippen molar-refractivity contribution in [1.29, 1.82) is 0 Å². The standard InChI is InChI=1S/C14H13NO2/c1-9-8-10-4-2-3-5-11(10)14(9)15-12(16)6-7-13(15)17/h2-7,9,14H,8H2,1H3/t9-,14-/m0/s1. The van der Waals surface area contributed by atoms with Crippen molar-refractivity contribution in [3.8, 4) is 0 Å². The number of benzene rings is 1. The van der Waals surface area contributed by atoms with Crippen molar-refractivity contribution in [2.45, 2.75) is 19.4 Å². The van der Waals surface area contributed by atoms with Crippen LogP contribution in [-0.4, -0.2) is 16.7 Å². The van der Waals surface area contributed by atoms with Gasteiger partial charge in [0.15, 0.2) is 0 Å². The average molecular weight is 227 g/mol. The van der Waals surface area contributed by atoms with Crippen LogP contribution in [-0.2, 0) is 16.0 Å². The van der Waals surface area contributed by atoms with E-state index in [0.29, 0.717) is 5.92 Å². The van der Waals surface area contributed by atoms with Crippen molar-refractivity contribution in [1.82, 2.24) is 4.90 Å².